The van der Waals surface area contributed by atoms with Gasteiger partial charge in [0.05, 0.1) is 12.2 Å². The van der Waals surface area contributed by atoms with E-state index in [9.17, 15) is 4.39 Å². The molecule has 0 spiro atoms. The maximum Gasteiger partial charge on any atom is 0.191 e. The van der Waals surface area contributed by atoms with Gasteiger partial charge in [-0.15, -0.1) is 24.0 Å². The van der Waals surface area contributed by atoms with Crippen molar-refractivity contribution < 1.29 is 4.39 Å². The molecule has 0 atom stereocenters. The van der Waals surface area contributed by atoms with E-state index in [4.69, 9.17) is 0 Å². The number of rotatable bonds is 7. The Bertz CT molecular complexity index is 489. The molecule has 0 amide bonds. The van der Waals surface area contributed by atoms with Crippen LogP contribution in [0.4, 0.5) is 10.1 Å². The van der Waals surface area contributed by atoms with E-state index in [-0.39, 0.29) is 29.8 Å². The molecule has 0 aromatic heterocycles. The van der Waals surface area contributed by atoms with Crippen molar-refractivity contribution >= 4 is 35.6 Å². The molecule has 0 unspecified atom stereocenters. The van der Waals surface area contributed by atoms with Gasteiger partial charge in [-0.3, -0.25) is 0 Å². The summed E-state index contributed by atoms with van der Waals surface area (Å²) < 4.78 is 13.9. The van der Waals surface area contributed by atoms with E-state index in [1.54, 1.807) is 17.0 Å². The van der Waals surface area contributed by atoms with Crippen LogP contribution in [0.1, 0.15) is 32.8 Å². The van der Waals surface area contributed by atoms with Gasteiger partial charge in [0.15, 0.2) is 5.96 Å². The van der Waals surface area contributed by atoms with Crippen molar-refractivity contribution in [2.24, 2.45) is 10.9 Å². The molecule has 4 nitrogen and oxygen atoms in total. The molecular formula is C17H30FIN4. The molecule has 0 fully saturated rings. The topological polar surface area (TPSA) is 39.7 Å². The van der Waals surface area contributed by atoms with E-state index in [1.807, 2.05) is 27.1 Å². The lowest BCUT2D eigenvalue weighted by molar-refractivity contribution is 0.573. The molecule has 1 aromatic carbocycles. The number of benzene rings is 1. The quantitative estimate of drug-likeness (QED) is 0.390. The van der Waals surface area contributed by atoms with Gasteiger partial charge in [-0.05, 0) is 37.0 Å². The third kappa shape index (κ3) is 8.39. The van der Waals surface area contributed by atoms with E-state index in [0.29, 0.717) is 18.2 Å². The van der Waals surface area contributed by atoms with Gasteiger partial charge in [-0.25, -0.2) is 9.38 Å². The lowest BCUT2D eigenvalue weighted by Gasteiger charge is -2.14. The fourth-order valence-electron chi connectivity index (χ4n) is 2.00. The highest BCUT2D eigenvalue weighted by Crippen LogP contribution is 2.18. The van der Waals surface area contributed by atoms with Crippen molar-refractivity contribution in [1.82, 2.24) is 10.6 Å². The summed E-state index contributed by atoms with van der Waals surface area (Å²) in [6, 6.07) is 5.26. The van der Waals surface area contributed by atoms with Gasteiger partial charge in [0.25, 0.3) is 0 Å². The molecule has 1 aromatic rings. The van der Waals surface area contributed by atoms with Crippen molar-refractivity contribution in [3.8, 4) is 0 Å². The van der Waals surface area contributed by atoms with Gasteiger partial charge in [0.2, 0.25) is 0 Å². The van der Waals surface area contributed by atoms with Crippen LogP contribution >= 0.6 is 24.0 Å². The largest absolute Gasteiger partial charge is 0.375 e. The first-order chi connectivity index (χ1) is 10.4. The second-order valence-electron chi connectivity index (χ2n) is 5.98. The molecule has 0 aliphatic heterocycles. The zero-order valence-corrected chi connectivity index (χ0v) is 17.1. The fraction of sp³-hybridized carbons (Fsp3) is 0.588. The van der Waals surface area contributed by atoms with Gasteiger partial charge < -0.3 is 15.5 Å². The average Bonchev–Trinajstić information content (AvgIpc) is 2.44. The number of aliphatic imine (C=N–C) groups is 1. The standard InChI is InChI=1S/C17H29FN4.HI/c1-6-19-17(20-10-9-13(2)3)21-12-14-7-8-16(22(4)5)15(18)11-14;/h7-8,11,13H,6,9-10,12H2,1-5H3,(H2,19,20,21);1H. The van der Waals surface area contributed by atoms with E-state index in [0.717, 1.165) is 31.0 Å². The molecule has 23 heavy (non-hydrogen) atoms. The highest BCUT2D eigenvalue weighted by Gasteiger charge is 2.05. The zero-order valence-electron chi connectivity index (χ0n) is 14.8. The third-order valence-electron chi connectivity index (χ3n) is 3.27. The first-order valence-electron chi connectivity index (χ1n) is 7.92. The lowest BCUT2D eigenvalue weighted by Crippen LogP contribution is -2.38. The number of hydrogen-bond donors (Lipinski definition) is 2. The van der Waals surface area contributed by atoms with E-state index >= 15 is 0 Å². The summed E-state index contributed by atoms with van der Waals surface area (Å²) >= 11 is 0. The molecular weight excluding hydrogens is 406 g/mol. The Hall–Kier alpha value is -1.05. The summed E-state index contributed by atoms with van der Waals surface area (Å²) in [5, 5.41) is 6.51. The van der Waals surface area contributed by atoms with E-state index < -0.39 is 0 Å². The van der Waals surface area contributed by atoms with Crippen LogP contribution in [0.3, 0.4) is 0 Å². The molecule has 1 rings (SSSR count). The van der Waals surface area contributed by atoms with Gasteiger partial charge in [-0.1, -0.05) is 19.9 Å². The lowest BCUT2D eigenvalue weighted by atomic mass is 10.1. The monoisotopic (exact) mass is 436 g/mol. The molecule has 6 heteroatoms. The predicted octanol–water partition coefficient (Wildman–Crippen LogP) is 3.61. The summed E-state index contributed by atoms with van der Waals surface area (Å²) in [4.78, 5) is 6.27. The number of nitrogens with zero attached hydrogens (tertiary/aromatic N) is 2. The minimum absolute atomic E-state index is 0. The van der Waals surface area contributed by atoms with Crippen molar-refractivity contribution in [3.63, 3.8) is 0 Å². The van der Waals surface area contributed by atoms with Crippen LogP contribution in [0.5, 0.6) is 0 Å². The minimum Gasteiger partial charge on any atom is -0.375 e. The first kappa shape index (κ1) is 21.9. The predicted molar refractivity (Wildman–Crippen MR) is 108 cm³/mol. The second kappa shape index (κ2) is 11.5. The van der Waals surface area contributed by atoms with Crippen LogP contribution < -0.4 is 15.5 Å². The van der Waals surface area contributed by atoms with Gasteiger partial charge in [0.1, 0.15) is 5.82 Å². The van der Waals surface area contributed by atoms with E-state index in [1.165, 1.54) is 0 Å². The number of guanidine groups is 1. The smallest absolute Gasteiger partial charge is 0.191 e. The highest BCUT2D eigenvalue weighted by atomic mass is 127. The maximum absolute atomic E-state index is 13.9. The Labute approximate surface area is 157 Å². The van der Waals surface area contributed by atoms with Gasteiger partial charge in [0, 0.05) is 27.2 Å². The van der Waals surface area contributed by atoms with Crippen LogP contribution in [-0.4, -0.2) is 33.1 Å². The maximum atomic E-state index is 13.9. The molecule has 0 saturated heterocycles. The second-order valence-corrected chi connectivity index (χ2v) is 5.98. The Morgan fingerprint density at radius 2 is 1.96 bits per heavy atom. The van der Waals surface area contributed by atoms with Crippen LogP contribution in [0, 0.1) is 11.7 Å². The average molecular weight is 436 g/mol. The van der Waals surface area contributed by atoms with Crippen molar-refractivity contribution in [2.75, 3.05) is 32.1 Å². The first-order valence-corrected chi connectivity index (χ1v) is 7.92. The van der Waals surface area contributed by atoms with E-state index in [2.05, 4.69) is 29.5 Å². The van der Waals surface area contributed by atoms with Crippen molar-refractivity contribution in [1.29, 1.82) is 0 Å². The molecule has 0 saturated carbocycles. The summed E-state index contributed by atoms with van der Waals surface area (Å²) in [6.45, 7) is 8.58. The zero-order chi connectivity index (χ0) is 16.5. The van der Waals surface area contributed by atoms with Crippen LogP contribution in [0.2, 0.25) is 0 Å². The Kier molecular flexibility index (Phi) is 11.0. The number of nitrogens with one attached hydrogen (secondary N) is 2. The van der Waals surface area contributed by atoms with Crippen LogP contribution in [0.25, 0.3) is 0 Å². The summed E-state index contributed by atoms with van der Waals surface area (Å²) in [5.74, 6) is 1.22. The molecule has 0 bridgehead atoms. The number of anilines is 1. The minimum atomic E-state index is -0.213. The normalized spacial score (nSPS) is 11.2. The molecule has 0 aliphatic rings. The van der Waals surface area contributed by atoms with Gasteiger partial charge in [-0.2, -0.15) is 0 Å². The summed E-state index contributed by atoms with van der Waals surface area (Å²) in [6.07, 6.45) is 1.09. The van der Waals surface area contributed by atoms with Crippen LogP contribution in [-0.2, 0) is 6.54 Å². The molecule has 0 radical (unpaired) electrons. The fourth-order valence-corrected chi connectivity index (χ4v) is 2.00. The highest BCUT2D eigenvalue weighted by molar-refractivity contribution is 14.0. The summed E-state index contributed by atoms with van der Waals surface area (Å²) in [5.41, 5.74) is 1.46. The molecule has 0 aliphatic carbocycles. The Morgan fingerprint density at radius 1 is 1.26 bits per heavy atom. The number of hydrogen-bond acceptors (Lipinski definition) is 2. The Balaban J connectivity index is 0.00000484. The molecule has 0 heterocycles. The van der Waals surface area contributed by atoms with Crippen LogP contribution in [0.15, 0.2) is 23.2 Å². The van der Waals surface area contributed by atoms with Crippen molar-refractivity contribution in [3.05, 3.63) is 29.6 Å². The number of halogens is 2. The van der Waals surface area contributed by atoms with Gasteiger partial charge >= 0.3 is 0 Å². The Morgan fingerprint density at radius 3 is 2.48 bits per heavy atom. The SMILES string of the molecule is CCNC(=NCc1ccc(N(C)C)c(F)c1)NCCC(C)C.I. The molecule has 2 N–H and O–H groups in total. The summed E-state index contributed by atoms with van der Waals surface area (Å²) in [7, 11) is 3.66. The molecule has 132 valence electrons. The van der Waals surface area contributed by atoms with Crippen molar-refractivity contribution in [2.45, 2.75) is 33.7 Å². The third-order valence-corrected chi connectivity index (χ3v) is 3.27.